The second kappa shape index (κ2) is 18.2. The Bertz CT molecular complexity index is 5400. The number of aryl methyl sites for hydroxylation is 4. The van der Waals surface area contributed by atoms with E-state index in [1.807, 2.05) is 27.7 Å². The summed E-state index contributed by atoms with van der Waals surface area (Å²) in [6.07, 6.45) is 0. The highest BCUT2D eigenvalue weighted by Gasteiger charge is 2.44. The van der Waals surface area contributed by atoms with Gasteiger partial charge in [-0.1, -0.05) is 175 Å². The van der Waals surface area contributed by atoms with Gasteiger partial charge in [-0.2, -0.15) is 0 Å². The van der Waals surface area contributed by atoms with Crippen LogP contribution in [-0.2, 0) is 10.8 Å². The van der Waals surface area contributed by atoms with Crippen molar-refractivity contribution < 1.29 is 0 Å². The minimum Gasteiger partial charge on any atom is -0.311 e. The van der Waals surface area contributed by atoms with Gasteiger partial charge in [0, 0.05) is 83.8 Å². The number of fused-ring (bicyclic) bond motifs is 21. The first-order valence-electron chi connectivity index (χ1n) is 30.5. The summed E-state index contributed by atoms with van der Waals surface area (Å²) in [5, 5.41) is 17.6. The molecule has 0 spiro atoms. The van der Waals surface area contributed by atoms with Crippen molar-refractivity contribution in [3.63, 3.8) is 0 Å². The second-order valence-corrected chi connectivity index (χ2v) is 26.6. The molecule has 87 heavy (non-hydrogen) atoms. The van der Waals surface area contributed by atoms with E-state index >= 15 is 0 Å². The highest BCUT2D eigenvalue weighted by Crippen LogP contribution is 2.51. The zero-order valence-electron chi connectivity index (χ0n) is 50.7. The molecule has 0 saturated heterocycles. The fourth-order valence-electron chi connectivity index (χ4n) is 15.1. The summed E-state index contributed by atoms with van der Waals surface area (Å²) in [5.41, 5.74) is 19.3. The second-order valence-electron chi connectivity index (χ2n) is 26.6. The minimum atomic E-state index is -0.181. The maximum atomic E-state index is 5.57. The highest BCUT2D eigenvalue weighted by molar-refractivity contribution is 7.00. The Kier molecular flexibility index (Phi) is 10.8. The lowest BCUT2D eigenvalue weighted by Crippen LogP contribution is -2.60. The molecule has 0 aliphatic carbocycles. The van der Waals surface area contributed by atoms with Crippen molar-refractivity contribution in [2.24, 2.45) is 0 Å². The first kappa shape index (κ1) is 51.4. The Labute approximate surface area is 506 Å². The molecule has 4 aromatic heterocycles. The lowest BCUT2D eigenvalue weighted by Gasteiger charge is -2.41. The standard InChI is InChI=1S/C79H62BN7/c1-43-35-47(36-44(2)81-43)75-83-76(48-37-45(3)82-46(4)38-48)85-77(84-75)49-39-67-73-68(40-49)87-66-34-32-61-57-23-13-11-19-53(57)55-21-15-17-25-59(55)69(61)71(66)72-70-60-26-18-16-22-56(60)54-20-12-14-24-58(54)62(70)42-64(74(72)87)80(73)63-41-51(79(8,9)10)29-33-65(63)86(67)52-30-27-50(28-31-52)78(5,6)7/h11-42H,1-10H3. The van der Waals surface area contributed by atoms with Crippen molar-refractivity contribution in [3.8, 4) is 39.9 Å². The summed E-state index contributed by atoms with van der Waals surface area (Å²) in [4.78, 5) is 28.6. The number of rotatable bonds is 4. The van der Waals surface area contributed by atoms with E-state index in [1.165, 1.54) is 108 Å². The lowest BCUT2D eigenvalue weighted by molar-refractivity contribution is 0.590. The van der Waals surface area contributed by atoms with Crippen LogP contribution in [0.1, 0.15) is 75.4 Å². The molecule has 2 aliphatic rings. The third-order valence-electron chi connectivity index (χ3n) is 18.9. The van der Waals surface area contributed by atoms with Gasteiger partial charge in [0.25, 0.3) is 6.71 Å². The Morgan fingerprint density at radius 3 is 1.26 bits per heavy atom. The molecule has 0 N–H and O–H groups in total. The van der Waals surface area contributed by atoms with E-state index < -0.39 is 0 Å². The van der Waals surface area contributed by atoms with Crippen LogP contribution >= 0.6 is 0 Å². The molecule has 11 aromatic carbocycles. The molecule has 0 saturated carbocycles. The van der Waals surface area contributed by atoms with E-state index in [9.17, 15) is 0 Å². The van der Waals surface area contributed by atoms with Crippen LogP contribution in [0.2, 0.25) is 0 Å². The van der Waals surface area contributed by atoms with E-state index in [0.29, 0.717) is 17.5 Å². The number of nitrogens with zero attached hydrogens (tertiary/aromatic N) is 7. The van der Waals surface area contributed by atoms with E-state index in [-0.39, 0.29) is 17.5 Å². The molecule has 0 amide bonds. The molecule has 0 atom stereocenters. The molecular formula is C79H62BN7. The van der Waals surface area contributed by atoms with Crippen LogP contribution in [0.25, 0.3) is 126 Å². The van der Waals surface area contributed by atoms with Crippen molar-refractivity contribution >= 4 is 127 Å². The monoisotopic (exact) mass is 1120 g/mol. The summed E-state index contributed by atoms with van der Waals surface area (Å²) in [6, 6.07) is 73.5. The number of anilines is 3. The van der Waals surface area contributed by atoms with Crippen molar-refractivity contribution in [2.75, 3.05) is 4.90 Å². The maximum Gasteiger partial charge on any atom is 0.252 e. The normalized spacial score (nSPS) is 13.1. The predicted molar refractivity (Wildman–Crippen MR) is 367 cm³/mol. The molecule has 2 aliphatic heterocycles. The van der Waals surface area contributed by atoms with Gasteiger partial charge in [-0.15, -0.1) is 0 Å². The smallest absolute Gasteiger partial charge is 0.252 e. The van der Waals surface area contributed by atoms with Crippen LogP contribution in [0, 0.1) is 27.7 Å². The van der Waals surface area contributed by atoms with Gasteiger partial charge in [0.1, 0.15) is 0 Å². The van der Waals surface area contributed by atoms with Crippen molar-refractivity contribution in [2.45, 2.75) is 80.1 Å². The molecule has 15 aromatic rings. The molecule has 17 rings (SSSR count). The summed E-state index contributed by atoms with van der Waals surface area (Å²) in [5.74, 6) is 1.76. The molecule has 8 heteroatoms. The topological polar surface area (TPSA) is 72.6 Å². The van der Waals surface area contributed by atoms with Crippen LogP contribution in [0.4, 0.5) is 17.1 Å². The molecule has 7 nitrogen and oxygen atoms in total. The third kappa shape index (κ3) is 7.59. The average Bonchev–Trinajstić information content (AvgIpc) is 1.61. The summed E-state index contributed by atoms with van der Waals surface area (Å²) < 4.78 is 2.65. The summed E-state index contributed by atoms with van der Waals surface area (Å²) >= 11 is 0. The summed E-state index contributed by atoms with van der Waals surface area (Å²) in [7, 11) is 0. The van der Waals surface area contributed by atoms with Gasteiger partial charge in [-0.25, -0.2) is 15.0 Å². The molecule has 416 valence electrons. The highest BCUT2D eigenvalue weighted by atomic mass is 15.2. The van der Waals surface area contributed by atoms with Gasteiger partial charge in [0.05, 0.1) is 11.0 Å². The van der Waals surface area contributed by atoms with Gasteiger partial charge < -0.3 is 9.47 Å². The van der Waals surface area contributed by atoms with Crippen molar-refractivity contribution in [1.82, 2.24) is 29.5 Å². The fraction of sp³-hybridized carbons (Fsp3) is 0.152. The Balaban J connectivity index is 1.10. The molecule has 0 radical (unpaired) electrons. The molecule has 0 bridgehead atoms. The van der Waals surface area contributed by atoms with Gasteiger partial charge in [-0.05, 0) is 181 Å². The average molecular weight is 1120 g/mol. The van der Waals surface area contributed by atoms with Gasteiger partial charge in [-0.3, -0.25) is 9.97 Å². The Hall–Kier alpha value is -10.0. The zero-order chi connectivity index (χ0) is 59.1. The maximum absolute atomic E-state index is 5.57. The van der Waals surface area contributed by atoms with E-state index in [2.05, 4.69) is 245 Å². The Morgan fingerprint density at radius 1 is 0.333 bits per heavy atom. The van der Waals surface area contributed by atoms with E-state index in [0.717, 1.165) is 67.7 Å². The van der Waals surface area contributed by atoms with Crippen LogP contribution in [0.3, 0.4) is 0 Å². The number of pyridine rings is 2. The quantitative estimate of drug-likeness (QED) is 0.129. The number of hydrogen-bond donors (Lipinski definition) is 0. The predicted octanol–water partition coefficient (Wildman–Crippen LogP) is 18.1. The van der Waals surface area contributed by atoms with Crippen LogP contribution in [0.5, 0.6) is 0 Å². The van der Waals surface area contributed by atoms with E-state index in [4.69, 9.17) is 24.9 Å². The first-order chi connectivity index (χ1) is 42.0. The number of benzene rings is 11. The minimum absolute atomic E-state index is 0.0410. The molecule has 0 fully saturated rings. The number of hydrogen-bond acceptors (Lipinski definition) is 6. The van der Waals surface area contributed by atoms with Crippen molar-refractivity contribution in [1.29, 1.82) is 0 Å². The first-order valence-corrected chi connectivity index (χ1v) is 30.5. The van der Waals surface area contributed by atoms with Crippen LogP contribution in [0.15, 0.2) is 194 Å². The Morgan fingerprint density at radius 2 is 0.759 bits per heavy atom. The van der Waals surface area contributed by atoms with Gasteiger partial charge in [0.15, 0.2) is 17.5 Å². The number of aromatic nitrogens is 6. The van der Waals surface area contributed by atoms with Gasteiger partial charge >= 0.3 is 0 Å². The largest absolute Gasteiger partial charge is 0.311 e. The SMILES string of the molecule is Cc1cc(-c2nc(-c3cc(C)nc(C)c3)nc(-c3cc4c5c(c3)-n3c6ccc7c8ccccc8c8ccccc8c7c6c6c7c8ccccc8c8ccccc8c7cc(c63)B5c3cc(C(C)(C)C)ccc3N4c3ccc(C(C)(C)C)cc3)n2)cc(C)n1. The molecule has 0 unspecified atom stereocenters. The van der Waals surface area contributed by atoms with Crippen LogP contribution < -0.4 is 21.3 Å². The zero-order valence-corrected chi connectivity index (χ0v) is 50.7. The molecular weight excluding hydrogens is 1060 g/mol. The summed E-state index contributed by atoms with van der Waals surface area (Å²) in [6.45, 7) is 21.9. The lowest BCUT2D eigenvalue weighted by atomic mass is 9.33. The van der Waals surface area contributed by atoms with Gasteiger partial charge in [0.2, 0.25) is 0 Å². The fourth-order valence-corrected chi connectivity index (χ4v) is 15.1. The van der Waals surface area contributed by atoms with Crippen LogP contribution in [-0.4, -0.2) is 36.2 Å². The third-order valence-corrected chi connectivity index (χ3v) is 18.9. The molecule has 6 heterocycles. The van der Waals surface area contributed by atoms with E-state index in [1.54, 1.807) is 0 Å². The van der Waals surface area contributed by atoms with Crippen molar-refractivity contribution in [3.05, 3.63) is 228 Å².